The molecule has 0 aliphatic rings. The standard InChI is InChI=1S/C13H12N2O/c1-8-5-4-6-10-9(2)11(7-14)13(16)15(3)12(8)10/h4-6H,1-3H3. The Morgan fingerprint density at radius 1 is 1.31 bits per heavy atom. The molecule has 2 rings (SSSR count). The van der Waals surface area contributed by atoms with E-state index in [2.05, 4.69) is 0 Å². The smallest absolute Gasteiger partial charge is 0.268 e. The predicted octanol–water partition coefficient (Wildman–Crippen LogP) is 2.03. The number of fused-ring (bicyclic) bond motifs is 1. The van der Waals surface area contributed by atoms with Gasteiger partial charge < -0.3 is 4.57 Å². The molecule has 2 aromatic rings. The minimum atomic E-state index is -0.221. The van der Waals surface area contributed by atoms with Crippen molar-refractivity contribution in [3.05, 3.63) is 45.2 Å². The monoisotopic (exact) mass is 212 g/mol. The molecule has 0 spiro atoms. The van der Waals surface area contributed by atoms with Gasteiger partial charge in [-0.05, 0) is 25.0 Å². The summed E-state index contributed by atoms with van der Waals surface area (Å²) in [7, 11) is 1.71. The second-order valence-corrected chi connectivity index (χ2v) is 3.95. The van der Waals surface area contributed by atoms with Crippen LogP contribution < -0.4 is 5.56 Å². The number of aryl methyl sites for hydroxylation is 3. The molecule has 1 aromatic heterocycles. The predicted molar refractivity (Wildman–Crippen MR) is 63.4 cm³/mol. The van der Waals surface area contributed by atoms with E-state index >= 15 is 0 Å². The van der Waals surface area contributed by atoms with Crippen molar-refractivity contribution in [2.75, 3.05) is 0 Å². The van der Waals surface area contributed by atoms with Gasteiger partial charge in [0.05, 0.1) is 5.52 Å². The summed E-state index contributed by atoms with van der Waals surface area (Å²) in [4.78, 5) is 11.9. The molecule has 0 atom stereocenters. The molecule has 0 amide bonds. The van der Waals surface area contributed by atoms with Gasteiger partial charge in [0, 0.05) is 12.4 Å². The lowest BCUT2D eigenvalue weighted by Gasteiger charge is -2.11. The minimum absolute atomic E-state index is 0.221. The van der Waals surface area contributed by atoms with Crippen LogP contribution in [0.25, 0.3) is 10.9 Å². The van der Waals surface area contributed by atoms with Crippen LogP contribution in [0.2, 0.25) is 0 Å². The zero-order valence-electron chi connectivity index (χ0n) is 9.53. The van der Waals surface area contributed by atoms with E-state index in [1.165, 1.54) is 0 Å². The van der Waals surface area contributed by atoms with Crippen molar-refractivity contribution in [1.82, 2.24) is 4.57 Å². The van der Waals surface area contributed by atoms with Crippen LogP contribution >= 0.6 is 0 Å². The summed E-state index contributed by atoms with van der Waals surface area (Å²) >= 11 is 0. The van der Waals surface area contributed by atoms with Gasteiger partial charge in [0.1, 0.15) is 11.6 Å². The Balaban J connectivity index is 3.16. The van der Waals surface area contributed by atoms with Crippen LogP contribution in [-0.2, 0) is 7.05 Å². The molecule has 0 aliphatic carbocycles. The molecule has 0 saturated carbocycles. The fourth-order valence-corrected chi connectivity index (χ4v) is 2.10. The largest absolute Gasteiger partial charge is 0.310 e. The molecule has 0 radical (unpaired) electrons. The average Bonchev–Trinajstić information content (AvgIpc) is 2.27. The highest BCUT2D eigenvalue weighted by atomic mass is 16.1. The van der Waals surface area contributed by atoms with E-state index in [4.69, 9.17) is 5.26 Å². The van der Waals surface area contributed by atoms with Crippen molar-refractivity contribution in [1.29, 1.82) is 5.26 Å². The van der Waals surface area contributed by atoms with E-state index in [1.54, 1.807) is 11.6 Å². The SMILES string of the molecule is Cc1c(C#N)c(=O)n(C)c2c(C)cccc12. The van der Waals surface area contributed by atoms with Gasteiger partial charge in [0.15, 0.2) is 0 Å². The van der Waals surface area contributed by atoms with Crippen molar-refractivity contribution >= 4 is 10.9 Å². The van der Waals surface area contributed by atoms with E-state index in [-0.39, 0.29) is 11.1 Å². The molecule has 0 unspecified atom stereocenters. The Kier molecular flexibility index (Phi) is 2.28. The Bertz CT molecular complexity index is 675. The molecule has 3 heteroatoms. The molecule has 1 heterocycles. The Morgan fingerprint density at radius 2 is 2.00 bits per heavy atom. The summed E-state index contributed by atoms with van der Waals surface area (Å²) in [5.41, 5.74) is 2.74. The number of aromatic nitrogens is 1. The maximum atomic E-state index is 11.9. The molecule has 0 aliphatic heterocycles. The molecule has 0 saturated heterocycles. The van der Waals surface area contributed by atoms with E-state index in [0.29, 0.717) is 0 Å². The van der Waals surface area contributed by atoms with Gasteiger partial charge in [-0.25, -0.2) is 0 Å². The number of hydrogen-bond donors (Lipinski definition) is 0. The first-order valence-corrected chi connectivity index (χ1v) is 5.07. The van der Waals surface area contributed by atoms with Crippen LogP contribution in [0.3, 0.4) is 0 Å². The maximum Gasteiger partial charge on any atom is 0.268 e. The van der Waals surface area contributed by atoms with Crippen molar-refractivity contribution in [2.24, 2.45) is 7.05 Å². The molecular formula is C13H12N2O. The van der Waals surface area contributed by atoms with E-state index < -0.39 is 0 Å². The van der Waals surface area contributed by atoms with Crippen molar-refractivity contribution < 1.29 is 0 Å². The lowest BCUT2D eigenvalue weighted by atomic mass is 10.0. The molecule has 16 heavy (non-hydrogen) atoms. The van der Waals surface area contributed by atoms with Crippen molar-refractivity contribution in [3.63, 3.8) is 0 Å². The van der Waals surface area contributed by atoms with E-state index in [9.17, 15) is 4.79 Å². The summed E-state index contributed by atoms with van der Waals surface area (Å²) in [5.74, 6) is 0. The minimum Gasteiger partial charge on any atom is -0.310 e. The highest BCUT2D eigenvalue weighted by molar-refractivity contribution is 5.86. The lowest BCUT2D eigenvalue weighted by molar-refractivity contribution is 0.893. The van der Waals surface area contributed by atoms with Gasteiger partial charge in [0.2, 0.25) is 0 Å². The third-order valence-electron chi connectivity index (χ3n) is 2.98. The van der Waals surface area contributed by atoms with E-state index in [0.717, 1.165) is 22.0 Å². The third-order valence-corrected chi connectivity index (χ3v) is 2.98. The third kappa shape index (κ3) is 1.24. The molecule has 3 nitrogen and oxygen atoms in total. The summed E-state index contributed by atoms with van der Waals surface area (Å²) in [5, 5.41) is 9.96. The molecule has 0 fully saturated rings. The van der Waals surface area contributed by atoms with Crippen molar-refractivity contribution in [2.45, 2.75) is 13.8 Å². The Morgan fingerprint density at radius 3 is 2.62 bits per heavy atom. The number of para-hydroxylation sites is 1. The molecule has 80 valence electrons. The first-order chi connectivity index (χ1) is 7.57. The van der Waals surface area contributed by atoms with Crippen LogP contribution in [0.1, 0.15) is 16.7 Å². The van der Waals surface area contributed by atoms with Gasteiger partial charge in [-0.3, -0.25) is 4.79 Å². The van der Waals surface area contributed by atoms with Gasteiger partial charge in [0.25, 0.3) is 5.56 Å². The second kappa shape index (κ2) is 3.49. The van der Waals surface area contributed by atoms with Gasteiger partial charge in [-0.15, -0.1) is 0 Å². The van der Waals surface area contributed by atoms with Crippen LogP contribution in [0.15, 0.2) is 23.0 Å². The summed E-state index contributed by atoms with van der Waals surface area (Å²) < 4.78 is 1.55. The fourth-order valence-electron chi connectivity index (χ4n) is 2.10. The van der Waals surface area contributed by atoms with Gasteiger partial charge in [-0.1, -0.05) is 18.2 Å². The molecule has 0 N–H and O–H groups in total. The van der Waals surface area contributed by atoms with Crippen LogP contribution in [0.5, 0.6) is 0 Å². The maximum absolute atomic E-state index is 11.9. The number of benzene rings is 1. The quantitative estimate of drug-likeness (QED) is 0.670. The summed E-state index contributed by atoms with van der Waals surface area (Å²) in [6.45, 7) is 3.79. The molecule has 1 aromatic carbocycles. The zero-order chi connectivity index (χ0) is 11.9. The number of hydrogen-bond acceptors (Lipinski definition) is 2. The number of nitriles is 1. The van der Waals surface area contributed by atoms with Crippen molar-refractivity contribution in [3.8, 4) is 6.07 Å². The summed E-state index contributed by atoms with van der Waals surface area (Å²) in [6, 6.07) is 7.83. The van der Waals surface area contributed by atoms with Crippen LogP contribution in [-0.4, -0.2) is 4.57 Å². The molecule has 0 bridgehead atoms. The number of nitrogens with zero attached hydrogens (tertiary/aromatic N) is 2. The van der Waals surface area contributed by atoms with Crippen LogP contribution in [0.4, 0.5) is 0 Å². The first-order valence-electron chi connectivity index (χ1n) is 5.07. The normalized spacial score (nSPS) is 10.4. The summed E-state index contributed by atoms with van der Waals surface area (Å²) in [6.07, 6.45) is 0. The lowest BCUT2D eigenvalue weighted by Crippen LogP contribution is -2.22. The molecular weight excluding hydrogens is 200 g/mol. The number of rotatable bonds is 0. The van der Waals surface area contributed by atoms with Crippen LogP contribution in [0, 0.1) is 25.2 Å². The zero-order valence-corrected chi connectivity index (χ0v) is 9.53. The second-order valence-electron chi connectivity index (χ2n) is 3.95. The first kappa shape index (κ1) is 10.4. The average molecular weight is 212 g/mol. The Hall–Kier alpha value is -2.08. The highest BCUT2D eigenvalue weighted by Gasteiger charge is 2.12. The Labute approximate surface area is 93.6 Å². The number of pyridine rings is 1. The highest BCUT2D eigenvalue weighted by Crippen LogP contribution is 2.21. The van der Waals surface area contributed by atoms with E-state index in [1.807, 2.05) is 38.1 Å². The van der Waals surface area contributed by atoms with Gasteiger partial charge >= 0.3 is 0 Å². The topological polar surface area (TPSA) is 45.8 Å². The van der Waals surface area contributed by atoms with Gasteiger partial charge in [-0.2, -0.15) is 5.26 Å². The fraction of sp³-hybridized carbons (Fsp3) is 0.231.